The minimum absolute atomic E-state index is 0.00834. The third-order valence-corrected chi connectivity index (χ3v) is 7.86. The summed E-state index contributed by atoms with van der Waals surface area (Å²) in [5, 5.41) is 11.1. The molecule has 4 rings (SSSR count). The molecule has 2 aromatic carbocycles. The molecule has 4 amide bonds. The Morgan fingerprint density at radius 1 is 0.833 bits per heavy atom. The number of hydrogen-bond acceptors (Lipinski definition) is 5. The Labute approximate surface area is 246 Å². The molecule has 2 aromatic rings. The van der Waals surface area contributed by atoms with E-state index in [1.807, 2.05) is 60.7 Å². The fourth-order valence-corrected chi connectivity index (χ4v) is 5.53. The molecule has 1 saturated heterocycles. The zero-order chi connectivity index (χ0) is 29.7. The maximum absolute atomic E-state index is 13.7. The highest BCUT2D eigenvalue weighted by molar-refractivity contribution is 6.38. The van der Waals surface area contributed by atoms with Crippen molar-refractivity contribution in [1.29, 1.82) is 0 Å². The molecule has 4 N–H and O–H groups in total. The summed E-state index contributed by atoms with van der Waals surface area (Å²) in [7, 11) is 0. The quantitative estimate of drug-likeness (QED) is 0.229. The first-order chi connectivity index (χ1) is 20.4. The van der Waals surface area contributed by atoms with E-state index in [1.165, 1.54) is 6.08 Å². The zero-order valence-electron chi connectivity index (χ0n) is 23.8. The first-order valence-electron chi connectivity index (χ1n) is 14.9. The molecule has 0 aromatic heterocycles. The van der Waals surface area contributed by atoms with Crippen LogP contribution in [0.1, 0.15) is 62.5 Å². The largest absolute Gasteiger partial charge is 0.356 e. The van der Waals surface area contributed by atoms with Gasteiger partial charge in [0.05, 0.1) is 6.04 Å². The van der Waals surface area contributed by atoms with Crippen LogP contribution in [0, 0.1) is 5.92 Å². The summed E-state index contributed by atoms with van der Waals surface area (Å²) >= 11 is 0. The third-order valence-electron chi connectivity index (χ3n) is 7.86. The van der Waals surface area contributed by atoms with Crippen LogP contribution < -0.4 is 21.3 Å². The molecule has 9 nitrogen and oxygen atoms in total. The number of hydrogen-bond donors (Lipinski definition) is 4. The molecule has 9 heteroatoms. The van der Waals surface area contributed by atoms with E-state index in [-0.39, 0.29) is 24.8 Å². The van der Waals surface area contributed by atoms with Crippen LogP contribution in [0.4, 0.5) is 0 Å². The van der Waals surface area contributed by atoms with Crippen molar-refractivity contribution in [1.82, 2.24) is 21.3 Å². The number of rotatable bonds is 12. The molecule has 0 spiro atoms. The van der Waals surface area contributed by atoms with E-state index >= 15 is 0 Å². The Kier molecular flexibility index (Phi) is 11.4. The summed E-state index contributed by atoms with van der Waals surface area (Å²) in [5.74, 6) is -3.30. The van der Waals surface area contributed by atoms with Gasteiger partial charge in [-0.2, -0.15) is 0 Å². The van der Waals surface area contributed by atoms with Gasteiger partial charge in [-0.05, 0) is 49.3 Å². The first-order valence-corrected chi connectivity index (χ1v) is 14.9. The molecule has 42 heavy (non-hydrogen) atoms. The van der Waals surface area contributed by atoms with Crippen molar-refractivity contribution in [3.8, 4) is 0 Å². The van der Waals surface area contributed by atoms with Gasteiger partial charge in [0.15, 0.2) is 0 Å². The van der Waals surface area contributed by atoms with Crippen molar-refractivity contribution in [3.63, 3.8) is 0 Å². The van der Waals surface area contributed by atoms with Crippen LogP contribution in [0.3, 0.4) is 0 Å². The molecular formula is C33H40N4O5. The molecule has 0 bridgehead atoms. The number of Topliss-reactive ketones (excluding diaryl/α,β-unsaturated/α-hetero) is 1. The second-order valence-electron chi connectivity index (χ2n) is 11.1. The van der Waals surface area contributed by atoms with E-state index in [2.05, 4.69) is 21.3 Å². The number of carbonyl (C=O) groups is 5. The second kappa shape index (κ2) is 15.7. The SMILES string of the molecule is O=C(/C=C/c1ccccc1)N[C@@H](Cc1ccccc1)C(=O)N[C@@H](C[C@@H]1CCCNC1=O)C(=O)C(=O)NC1CCCCC1. The van der Waals surface area contributed by atoms with Crippen molar-refractivity contribution in [2.45, 2.75) is 75.9 Å². The van der Waals surface area contributed by atoms with E-state index in [9.17, 15) is 24.0 Å². The van der Waals surface area contributed by atoms with Gasteiger partial charge in [0, 0.05) is 31.0 Å². The van der Waals surface area contributed by atoms with Gasteiger partial charge < -0.3 is 21.3 Å². The number of amides is 4. The van der Waals surface area contributed by atoms with Crippen molar-refractivity contribution in [3.05, 3.63) is 77.9 Å². The van der Waals surface area contributed by atoms with Gasteiger partial charge in [-0.15, -0.1) is 0 Å². The van der Waals surface area contributed by atoms with Crippen LogP contribution >= 0.6 is 0 Å². The van der Waals surface area contributed by atoms with E-state index in [0.717, 1.165) is 49.7 Å². The predicted molar refractivity (Wildman–Crippen MR) is 160 cm³/mol. The van der Waals surface area contributed by atoms with Crippen molar-refractivity contribution >= 4 is 35.5 Å². The minimum Gasteiger partial charge on any atom is -0.356 e. The number of benzene rings is 2. The van der Waals surface area contributed by atoms with Crippen LogP contribution in [0.25, 0.3) is 6.08 Å². The lowest BCUT2D eigenvalue weighted by Crippen LogP contribution is -2.56. The van der Waals surface area contributed by atoms with E-state index in [4.69, 9.17) is 0 Å². The highest BCUT2D eigenvalue weighted by Gasteiger charge is 2.35. The van der Waals surface area contributed by atoms with Gasteiger partial charge in [-0.1, -0.05) is 79.9 Å². The maximum Gasteiger partial charge on any atom is 0.289 e. The lowest BCUT2D eigenvalue weighted by atomic mass is 9.89. The lowest BCUT2D eigenvalue weighted by molar-refractivity contribution is -0.141. The van der Waals surface area contributed by atoms with Gasteiger partial charge in [-0.3, -0.25) is 24.0 Å². The zero-order valence-corrected chi connectivity index (χ0v) is 23.8. The highest BCUT2D eigenvalue weighted by atomic mass is 16.2. The van der Waals surface area contributed by atoms with Gasteiger partial charge in [0.25, 0.3) is 5.91 Å². The van der Waals surface area contributed by atoms with Crippen molar-refractivity contribution < 1.29 is 24.0 Å². The Morgan fingerprint density at radius 2 is 1.52 bits per heavy atom. The monoisotopic (exact) mass is 572 g/mol. The number of piperidine rings is 1. The normalized spacial score (nSPS) is 18.9. The molecular weight excluding hydrogens is 532 g/mol. The molecule has 1 saturated carbocycles. The van der Waals surface area contributed by atoms with Gasteiger partial charge in [0.2, 0.25) is 23.5 Å². The lowest BCUT2D eigenvalue weighted by Gasteiger charge is -2.28. The summed E-state index contributed by atoms with van der Waals surface area (Å²) in [6, 6.07) is 16.2. The second-order valence-corrected chi connectivity index (χ2v) is 11.1. The summed E-state index contributed by atoms with van der Waals surface area (Å²) in [4.78, 5) is 65.5. The highest BCUT2D eigenvalue weighted by Crippen LogP contribution is 2.20. The van der Waals surface area contributed by atoms with E-state index in [1.54, 1.807) is 6.08 Å². The fraction of sp³-hybridized carbons (Fsp3) is 0.424. The van der Waals surface area contributed by atoms with Gasteiger partial charge >= 0.3 is 0 Å². The summed E-state index contributed by atoms with van der Waals surface area (Å²) in [6.45, 7) is 0.560. The Balaban J connectivity index is 1.50. The summed E-state index contributed by atoms with van der Waals surface area (Å²) in [6.07, 6.45) is 9.19. The molecule has 0 unspecified atom stereocenters. The number of ketones is 1. The Hall–Kier alpha value is -4.27. The Morgan fingerprint density at radius 3 is 2.21 bits per heavy atom. The maximum atomic E-state index is 13.7. The molecule has 1 aliphatic carbocycles. The molecule has 2 fully saturated rings. The summed E-state index contributed by atoms with van der Waals surface area (Å²) in [5.41, 5.74) is 1.65. The number of carbonyl (C=O) groups excluding carboxylic acids is 5. The van der Waals surface area contributed by atoms with Gasteiger partial charge in [-0.25, -0.2) is 0 Å². The third kappa shape index (κ3) is 9.39. The fourth-order valence-electron chi connectivity index (χ4n) is 5.53. The molecule has 2 aliphatic rings. The molecule has 1 heterocycles. The molecule has 222 valence electrons. The summed E-state index contributed by atoms with van der Waals surface area (Å²) < 4.78 is 0. The Bertz CT molecular complexity index is 1260. The molecule has 3 atom stereocenters. The van der Waals surface area contributed by atoms with Crippen LogP contribution in [-0.4, -0.2) is 54.1 Å². The first kappa shape index (κ1) is 30.7. The predicted octanol–water partition coefficient (Wildman–Crippen LogP) is 2.85. The smallest absolute Gasteiger partial charge is 0.289 e. The average molecular weight is 573 g/mol. The number of nitrogens with one attached hydrogen (secondary N) is 4. The minimum atomic E-state index is -1.20. The van der Waals surface area contributed by atoms with E-state index < -0.39 is 41.5 Å². The van der Waals surface area contributed by atoms with Crippen LogP contribution in [0.5, 0.6) is 0 Å². The molecule has 0 radical (unpaired) electrons. The average Bonchev–Trinajstić information content (AvgIpc) is 3.01. The van der Waals surface area contributed by atoms with Crippen LogP contribution in [0.2, 0.25) is 0 Å². The standard InChI is InChI=1S/C33H40N4O5/c38-29(19-18-23-11-4-1-5-12-23)36-28(21-24-13-6-2-7-14-24)32(41)37-27(22-25-15-10-20-34-31(25)40)30(39)33(42)35-26-16-8-3-9-17-26/h1-2,4-7,11-14,18-19,25-28H,3,8-10,15-17,20-22H2,(H,34,40)(H,35,42)(H,36,38)(H,37,41)/b19-18+/t25-,27-,28-/m0/s1. The van der Waals surface area contributed by atoms with E-state index in [0.29, 0.717) is 13.0 Å². The van der Waals surface area contributed by atoms with Gasteiger partial charge in [0.1, 0.15) is 6.04 Å². The van der Waals surface area contributed by atoms with Crippen LogP contribution in [-0.2, 0) is 30.4 Å². The van der Waals surface area contributed by atoms with Crippen molar-refractivity contribution in [2.24, 2.45) is 5.92 Å². The topological polar surface area (TPSA) is 133 Å². The van der Waals surface area contributed by atoms with Crippen molar-refractivity contribution in [2.75, 3.05) is 6.54 Å². The van der Waals surface area contributed by atoms with Crippen LogP contribution in [0.15, 0.2) is 66.7 Å². The molecule has 1 aliphatic heterocycles.